The van der Waals surface area contributed by atoms with Crippen LogP contribution in [-0.4, -0.2) is 18.6 Å². The number of carbonyl (C=O) groups excluding carboxylic acids is 1. The Labute approximate surface area is 147 Å². The van der Waals surface area contributed by atoms with E-state index in [0.717, 1.165) is 14.2 Å². The first-order chi connectivity index (χ1) is 11.5. The molecule has 120 valence electrons. The molecule has 4 rings (SSSR count). The third-order valence-corrected chi connectivity index (χ3v) is 6.44. The van der Waals surface area contributed by atoms with Gasteiger partial charge in [-0.05, 0) is 35.2 Å². The molecule has 3 aromatic rings. The monoisotopic (exact) mass is 401 g/mol. The minimum Gasteiger partial charge on any atom is -0.268 e. The van der Waals surface area contributed by atoms with Gasteiger partial charge in [-0.2, -0.15) is 0 Å². The Morgan fingerprint density at radius 3 is 2.54 bits per heavy atom. The number of sulfonamides is 1. The van der Waals surface area contributed by atoms with Crippen molar-refractivity contribution in [2.75, 3.05) is 0 Å². The van der Waals surface area contributed by atoms with E-state index < -0.39 is 15.9 Å². The summed E-state index contributed by atoms with van der Waals surface area (Å²) in [5.41, 5.74) is 1.14. The first-order valence-electron chi connectivity index (χ1n) is 7.32. The lowest BCUT2D eigenvalue weighted by Crippen LogP contribution is -2.31. The van der Waals surface area contributed by atoms with Crippen molar-refractivity contribution in [2.24, 2.45) is 0 Å². The maximum absolute atomic E-state index is 13.1. The molecule has 0 atom stereocenters. The minimum absolute atomic E-state index is 0.0547. The van der Waals surface area contributed by atoms with Gasteiger partial charge >= 0.3 is 0 Å². The molecule has 1 aliphatic heterocycles. The second kappa shape index (κ2) is 5.43. The van der Waals surface area contributed by atoms with Crippen LogP contribution in [0, 0.1) is 0 Å². The Balaban J connectivity index is 1.86. The fourth-order valence-corrected chi connectivity index (χ4v) is 4.98. The molecule has 0 fully saturated rings. The summed E-state index contributed by atoms with van der Waals surface area (Å²) in [6, 6.07) is 17.5. The molecule has 0 radical (unpaired) electrons. The lowest BCUT2D eigenvalue weighted by molar-refractivity contribution is 0.0879. The third-order valence-electron chi connectivity index (χ3n) is 4.16. The summed E-state index contributed by atoms with van der Waals surface area (Å²) in [5, 5.41) is 1.44. The normalized spacial score (nSPS) is 14.2. The van der Waals surface area contributed by atoms with Gasteiger partial charge in [0.2, 0.25) is 0 Å². The summed E-state index contributed by atoms with van der Waals surface area (Å²) in [4.78, 5) is 12.7. The maximum Gasteiger partial charge on any atom is 0.268 e. The van der Waals surface area contributed by atoms with Crippen molar-refractivity contribution < 1.29 is 13.2 Å². The fraction of sp³-hybridized carbons (Fsp3) is 0.0556. The number of fused-ring (bicyclic) bond motifs is 2. The number of nitrogens with zero attached hydrogens (tertiary/aromatic N) is 1. The van der Waals surface area contributed by atoms with Gasteiger partial charge < -0.3 is 0 Å². The highest BCUT2D eigenvalue weighted by Gasteiger charge is 2.37. The summed E-state index contributed by atoms with van der Waals surface area (Å²) in [6.07, 6.45) is 0. The van der Waals surface area contributed by atoms with Gasteiger partial charge in [-0.3, -0.25) is 4.79 Å². The molecule has 0 unspecified atom stereocenters. The SMILES string of the molecule is O=C1c2ccc(Br)cc2CN1S(=O)(=O)c1cccc2ccccc12. The minimum atomic E-state index is -3.93. The zero-order valence-electron chi connectivity index (χ0n) is 12.4. The van der Waals surface area contributed by atoms with E-state index in [1.165, 1.54) is 0 Å². The topological polar surface area (TPSA) is 54.5 Å². The smallest absolute Gasteiger partial charge is 0.268 e. The highest BCUT2D eigenvalue weighted by molar-refractivity contribution is 9.10. The molecule has 1 amide bonds. The number of carbonyl (C=O) groups is 1. The molecule has 1 aliphatic rings. The second-order valence-corrected chi connectivity index (χ2v) is 8.34. The summed E-state index contributed by atoms with van der Waals surface area (Å²) in [6.45, 7) is 0.0547. The molecule has 0 spiro atoms. The Bertz CT molecular complexity index is 1090. The lowest BCUT2D eigenvalue weighted by Gasteiger charge is -2.17. The van der Waals surface area contributed by atoms with Gasteiger partial charge in [0.05, 0.1) is 11.4 Å². The van der Waals surface area contributed by atoms with Gasteiger partial charge in [-0.1, -0.05) is 52.3 Å². The highest BCUT2D eigenvalue weighted by Crippen LogP contribution is 2.33. The number of hydrogen-bond acceptors (Lipinski definition) is 3. The quantitative estimate of drug-likeness (QED) is 0.653. The number of hydrogen-bond donors (Lipinski definition) is 0. The molecule has 3 aromatic carbocycles. The van der Waals surface area contributed by atoms with Gasteiger partial charge in [0.1, 0.15) is 0 Å². The molecular formula is C18H12BrNO3S. The maximum atomic E-state index is 13.1. The predicted molar refractivity (Wildman–Crippen MR) is 95.1 cm³/mol. The van der Waals surface area contributed by atoms with Gasteiger partial charge in [0, 0.05) is 15.4 Å². The van der Waals surface area contributed by atoms with Crippen molar-refractivity contribution in [2.45, 2.75) is 11.4 Å². The van der Waals surface area contributed by atoms with Crippen LogP contribution in [0.15, 0.2) is 70.0 Å². The zero-order chi connectivity index (χ0) is 16.9. The molecule has 0 saturated carbocycles. The molecule has 0 aliphatic carbocycles. The van der Waals surface area contributed by atoms with Crippen LogP contribution in [0.4, 0.5) is 0 Å². The van der Waals surface area contributed by atoms with Crippen molar-refractivity contribution in [3.8, 4) is 0 Å². The number of benzene rings is 3. The molecule has 0 bridgehead atoms. The van der Waals surface area contributed by atoms with E-state index in [1.807, 2.05) is 18.2 Å². The first-order valence-corrected chi connectivity index (χ1v) is 9.55. The largest absolute Gasteiger partial charge is 0.268 e. The number of halogens is 1. The Kier molecular flexibility index (Phi) is 3.47. The average molecular weight is 402 g/mol. The van der Waals surface area contributed by atoms with Crippen LogP contribution in [0.5, 0.6) is 0 Å². The van der Waals surface area contributed by atoms with Crippen LogP contribution in [0.3, 0.4) is 0 Å². The van der Waals surface area contributed by atoms with Crippen LogP contribution < -0.4 is 0 Å². The summed E-state index contributed by atoms with van der Waals surface area (Å²) >= 11 is 3.35. The van der Waals surface area contributed by atoms with Crippen molar-refractivity contribution >= 4 is 42.6 Å². The Hall–Kier alpha value is -2.18. The van der Waals surface area contributed by atoms with E-state index in [9.17, 15) is 13.2 Å². The highest BCUT2D eigenvalue weighted by atomic mass is 79.9. The lowest BCUT2D eigenvalue weighted by atomic mass is 10.1. The summed E-state index contributed by atoms with van der Waals surface area (Å²) in [5.74, 6) is -0.481. The van der Waals surface area contributed by atoms with Crippen molar-refractivity contribution in [3.63, 3.8) is 0 Å². The van der Waals surface area contributed by atoms with Crippen LogP contribution in [0.1, 0.15) is 15.9 Å². The van der Waals surface area contributed by atoms with E-state index in [-0.39, 0.29) is 11.4 Å². The van der Waals surface area contributed by atoms with Gasteiger partial charge in [0.25, 0.3) is 15.9 Å². The molecular weight excluding hydrogens is 390 g/mol. The van der Waals surface area contributed by atoms with Crippen molar-refractivity contribution in [1.29, 1.82) is 0 Å². The Morgan fingerprint density at radius 2 is 1.71 bits per heavy atom. The standard InChI is InChI=1S/C18H12BrNO3S/c19-14-8-9-16-13(10-14)11-20(18(16)21)24(22,23)17-7-3-5-12-4-1-2-6-15(12)17/h1-10H,11H2. The molecule has 0 N–H and O–H groups in total. The molecule has 0 aromatic heterocycles. The molecule has 0 saturated heterocycles. The first kappa shape index (κ1) is 15.4. The van der Waals surface area contributed by atoms with Crippen LogP contribution in [0.2, 0.25) is 0 Å². The van der Waals surface area contributed by atoms with E-state index in [1.54, 1.807) is 42.5 Å². The second-order valence-electron chi connectivity index (χ2n) is 5.60. The van der Waals surface area contributed by atoms with Crippen LogP contribution >= 0.6 is 15.9 Å². The summed E-state index contributed by atoms with van der Waals surface area (Å²) in [7, 11) is -3.93. The number of amides is 1. The predicted octanol–water partition coefficient (Wildman–Crippen LogP) is 3.95. The Morgan fingerprint density at radius 1 is 0.958 bits per heavy atom. The molecule has 4 nitrogen and oxygen atoms in total. The van der Waals surface area contributed by atoms with E-state index in [0.29, 0.717) is 16.5 Å². The average Bonchev–Trinajstić information content (AvgIpc) is 2.91. The van der Waals surface area contributed by atoms with Crippen LogP contribution in [-0.2, 0) is 16.6 Å². The van der Waals surface area contributed by atoms with Gasteiger partial charge in [0.15, 0.2) is 0 Å². The van der Waals surface area contributed by atoms with E-state index in [2.05, 4.69) is 15.9 Å². The summed E-state index contributed by atoms with van der Waals surface area (Å²) < 4.78 is 28.0. The number of rotatable bonds is 2. The van der Waals surface area contributed by atoms with Crippen molar-refractivity contribution in [3.05, 3.63) is 76.3 Å². The zero-order valence-corrected chi connectivity index (χ0v) is 14.8. The molecule has 24 heavy (non-hydrogen) atoms. The third kappa shape index (κ3) is 2.25. The van der Waals surface area contributed by atoms with Crippen LogP contribution in [0.25, 0.3) is 10.8 Å². The molecule has 1 heterocycles. The van der Waals surface area contributed by atoms with Gasteiger partial charge in [-0.15, -0.1) is 0 Å². The van der Waals surface area contributed by atoms with E-state index >= 15 is 0 Å². The van der Waals surface area contributed by atoms with E-state index in [4.69, 9.17) is 0 Å². The fourth-order valence-electron chi connectivity index (χ4n) is 3.00. The van der Waals surface area contributed by atoms with Crippen molar-refractivity contribution in [1.82, 2.24) is 4.31 Å². The van der Waals surface area contributed by atoms with Gasteiger partial charge in [-0.25, -0.2) is 12.7 Å². The molecule has 6 heteroatoms.